The van der Waals surface area contributed by atoms with E-state index in [4.69, 9.17) is 5.73 Å². The minimum absolute atomic E-state index is 0.166. The summed E-state index contributed by atoms with van der Waals surface area (Å²) in [6, 6.07) is 6.27. The van der Waals surface area contributed by atoms with Gasteiger partial charge in [0.2, 0.25) is 5.95 Å². The zero-order chi connectivity index (χ0) is 15.2. The first-order valence-electron chi connectivity index (χ1n) is 7.55. The number of nitrogens with one attached hydrogen (secondary N) is 1. The second-order valence-electron chi connectivity index (χ2n) is 5.45. The molecule has 0 radical (unpaired) electrons. The van der Waals surface area contributed by atoms with Crippen LogP contribution in [-0.4, -0.2) is 27.7 Å². The van der Waals surface area contributed by atoms with Gasteiger partial charge in [-0.05, 0) is 37.5 Å². The minimum Gasteiger partial charge on any atom is -0.396 e. The third-order valence-electron chi connectivity index (χ3n) is 3.59. The summed E-state index contributed by atoms with van der Waals surface area (Å²) >= 11 is 0. The molecule has 0 bridgehead atoms. The lowest BCUT2D eigenvalue weighted by Gasteiger charge is -2.19. The Labute approximate surface area is 125 Å². The van der Waals surface area contributed by atoms with Crippen LogP contribution in [-0.2, 0) is 0 Å². The molecule has 0 aliphatic rings. The average Bonchev–Trinajstić information content (AvgIpc) is 2.44. The molecule has 0 saturated carbocycles. The smallest absolute Gasteiger partial charge is 0.222 e. The molecule has 0 fully saturated rings. The quantitative estimate of drug-likeness (QED) is 0.729. The first-order valence-corrected chi connectivity index (χ1v) is 7.55. The molecule has 0 saturated heterocycles. The van der Waals surface area contributed by atoms with Crippen LogP contribution in [0, 0.1) is 6.92 Å². The largest absolute Gasteiger partial charge is 0.396 e. The Bertz CT molecular complexity index is 595. The maximum Gasteiger partial charge on any atom is 0.222 e. The highest BCUT2D eigenvalue weighted by molar-refractivity contribution is 5.90. The van der Waals surface area contributed by atoms with Crippen LogP contribution in [0.3, 0.4) is 0 Å². The number of benzene rings is 1. The predicted molar refractivity (Wildman–Crippen MR) is 87.3 cm³/mol. The molecule has 0 aliphatic heterocycles. The molecule has 5 heteroatoms. The van der Waals surface area contributed by atoms with Crippen molar-refractivity contribution in [3.63, 3.8) is 0 Å². The first kappa shape index (κ1) is 15.5. The number of nitrogen functional groups attached to an aromatic ring is 1. The zero-order valence-corrected chi connectivity index (χ0v) is 12.8. The van der Waals surface area contributed by atoms with Crippen LogP contribution in [0.5, 0.6) is 0 Å². The Morgan fingerprint density at radius 1 is 1.29 bits per heavy atom. The summed E-state index contributed by atoms with van der Waals surface area (Å²) in [5.41, 5.74) is 7.81. The molecule has 5 nitrogen and oxygen atoms in total. The van der Waals surface area contributed by atoms with E-state index >= 15 is 0 Å². The van der Waals surface area contributed by atoms with E-state index in [1.54, 1.807) is 0 Å². The summed E-state index contributed by atoms with van der Waals surface area (Å²) in [6.45, 7) is 4.36. The number of hydrogen-bond donors (Lipinski definition) is 3. The van der Waals surface area contributed by atoms with Gasteiger partial charge in [0.25, 0.3) is 0 Å². The number of aliphatic hydroxyl groups excluding tert-OH is 1. The topological polar surface area (TPSA) is 84.1 Å². The average molecular weight is 288 g/mol. The van der Waals surface area contributed by atoms with E-state index in [0.717, 1.165) is 41.5 Å². The van der Waals surface area contributed by atoms with Crippen molar-refractivity contribution in [1.29, 1.82) is 0 Å². The molecular formula is C16H24N4O. The fourth-order valence-corrected chi connectivity index (χ4v) is 2.46. The number of nitrogens with zero attached hydrogens (tertiary/aromatic N) is 2. The summed E-state index contributed by atoms with van der Waals surface area (Å²) in [6.07, 6.45) is 3.97. The van der Waals surface area contributed by atoms with Crippen LogP contribution in [0.1, 0.15) is 38.2 Å². The first-order chi connectivity index (χ1) is 10.1. The second-order valence-corrected chi connectivity index (χ2v) is 5.45. The van der Waals surface area contributed by atoms with Gasteiger partial charge >= 0.3 is 0 Å². The third-order valence-corrected chi connectivity index (χ3v) is 3.59. The van der Waals surface area contributed by atoms with Crippen molar-refractivity contribution in [3.05, 3.63) is 23.8 Å². The normalized spacial score (nSPS) is 12.5. The van der Waals surface area contributed by atoms with Gasteiger partial charge in [-0.3, -0.25) is 0 Å². The third kappa shape index (κ3) is 4.04. The van der Waals surface area contributed by atoms with Crippen molar-refractivity contribution in [2.45, 2.75) is 45.6 Å². The van der Waals surface area contributed by atoms with Crippen LogP contribution in [0.25, 0.3) is 10.9 Å². The van der Waals surface area contributed by atoms with Gasteiger partial charge in [-0.2, -0.15) is 4.98 Å². The predicted octanol–water partition coefficient (Wildman–Crippen LogP) is 2.87. The SMILES string of the molecule is CCCCC(CCO)Nc1nc(N)nc2cc(C)ccc12. The summed E-state index contributed by atoms with van der Waals surface area (Å²) in [5, 5.41) is 13.6. The molecule has 2 rings (SSSR count). The van der Waals surface area contributed by atoms with Gasteiger partial charge < -0.3 is 16.2 Å². The van der Waals surface area contributed by atoms with Crippen LogP contribution in [0.2, 0.25) is 0 Å². The van der Waals surface area contributed by atoms with Crippen molar-refractivity contribution >= 4 is 22.7 Å². The van der Waals surface area contributed by atoms with Crippen molar-refractivity contribution in [2.24, 2.45) is 0 Å². The van der Waals surface area contributed by atoms with Gasteiger partial charge in [-0.1, -0.05) is 25.8 Å². The second kappa shape index (κ2) is 7.22. The Morgan fingerprint density at radius 3 is 2.81 bits per heavy atom. The molecule has 1 aromatic carbocycles. The van der Waals surface area contributed by atoms with Crippen molar-refractivity contribution in [1.82, 2.24) is 9.97 Å². The van der Waals surface area contributed by atoms with E-state index < -0.39 is 0 Å². The van der Waals surface area contributed by atoms with E-state index in [1.165, 1.54) is 0 Å². The van der Waals surface area contributed by atoms with Gasteiger partial charge in [-0.25, -0.2) is 4.98 Å². The summed E-state index contributed by atoms with van der Waals surface area (Å²) in [7, 11) is 0. The van der Waals surface area contributed by atoms with E-state index in [0.29, 0.717) is 6.42 Å². The Hall–Kier alpha value is -1.88. The number of aryl methyl sites for hydroxylation is 1. The Kier molecular flexibility index (Phi) is 5.33. The lowest BCUT2D eigenvalue weighted by molar-refractivity contribution is 0.276. The lowest BCUT2D eigenvalue weighted by atomic mass is 10.1. The highest BCUT2D eigenvalue weighted by Gasteiger charge is 2.12. The number of unbranched alkanes of at least 4 members (excludes halogenated alkanes) is 1. The number of hydrogen-bond acceptors (Lipinski definition) is 5. The number of aromatic nitrogens is 2. The maximum absolute atomic E-state index is 9.22. The molecule has 21 heavy (non-hydrogen) atoms. The molecular weight excluding hydrogens is 264 g/mol. The van der Waals surface area contributed by atoms with Crippen LogP contribution in [0.4, 0.5) is 11.8 Å². The van der Waals surface area contributed by atoms with Gasteiger partial charge in [0, 0.05) is 18.0 Å². The van der Waals surface area contributed by atoms with Crippen LogP contribution < -0.4 is 11.1 Å². The number of anilines is 2. The number of rotatable bonds is 7. The standard InChI is InChI=1S/C16H24N4O/c1-3-4-5-12(8-9-21)18-15-13-7-6-11(2)10-14(13)19-16(17)20-15/h6-7,10,12,21H,3-5,8-9H2,1-2H3,(H3,17,18,19,20). The number of fused-ring (bicyclic) bond motifs is 1. The van der Waals surface area contributed by atoms with Gasteiger partial charge in [-0.15, -0.1) is 0 Å². The van der Waals surface area contributed by atoms with Crippen LogP contribution >= 0.6 is 0 Å². The number of aliphatic hydroxyl groups is 1. The molecule has 1 aromatic heterocycles. The molecule has 114 valence electrons. The number of nitrogens with two attached hydrogens (primary N) is 1. The van der Waals surface area contributed by atoms with E-state index in [-0.39, 0.29) is 18.6 Å². The molecule has 1 unspecified atom stereocenters. The monoisotopic (exact) mass is 288 g/mol. The fraction of sp³-hybridized carbons (Fsp3) is 0.500. The Morgan fingerprint density at radius 2 is 2.10 bits per heavy atom. The molecule has 0 spiro atoms. The van der Waals surface area contributed by atoms with E-state index in [2.05, 4.69) is 22.2 Å². The van der Waals surface area contributed by atoms with E-state index in [9.17, 15) is 5.11 Å². The van der Waals surface area contributed by atoms with Crippen molar-refractivity contribution in [2.75, 3.05) is 17.7 Å². The minimum atomic E-state index is 0.166. The van der Waals surface area contributed by atoms with Crippen molar-refractivity contribution < 1.29 is 5.11 Å². The summed E-state index contributed by atoms with van der Waals surface area (Å²) < 4.78 is 0. The molecule has 0 amide bonds. The van der Waals surface area contributed by atoms with Crippen LogP contribution in [0.15, 0.2) is 18.2 Å². The maximum atomic E-state index is 9.22. The molecule has 0 aliphatic carbocycles. The highest BCUT2D eigenvalue weighted by Crippen LogP contribution is 2.24. The molecule has 1 heterocycles. The van der Waals surface area contributed by atoms with Gasteiger partial charge in [0.1, 0.15) is 5.82 Å². The zero-order valence-electron chi connectivity index (χ0n) is 12.8. The Balaban J connectivity index is 2.31. The highest BCUT2D eigenvalue weighted by atomic mass is 16.3. The molecule has 4 N–H and O–H groups in total. The lowest BCUT2D eigenvalue weighted by Crippen LogP contribution is -2.22. The van der Waals surface area contributed by atoms with E-state index in [1.807, 2.05) is 25.1 Å². The fourth-order valence-electron chi connectivity index (χ4n) is 2.46. The van der Waals surface area contributed by atoms with Crippen molar-refractivity contribution in [3.8, 4) is 0 Å². The van der Waals surface area contributed by atoms with Gasteiger partial charge in [0.15, 0.2) is 0 Å². The summed E-state index contributed by atoms with van der Waals surface area (Å²) in [4.78, 5) is 8.62. The van der Waals surface area contributed by atoms with Gasteiger partial charge in [0.05, 0.1) is 5.52 Å². The molecule has 1 atom stereocenters. The summed E-state index contributed by atoms with van der Waals surface area (Å²) in [5.74, 6) is 1.03. The molecule has 2 aromatic rings.